The number of aryl methyl sites for hydroxylation is 2. The Morgan fingerprint density at radius 3 is 2.76 bits per heavy atom. The Balaban J connectivity index is 1.62. The Hall–Kier alpha value is -2.00. The van der Waals surface area contributed by atoms with Crippen molar-refractivity contribution in [2.45, 2.75) is 12.8 Å². The lowest BCUT2D eigenvalue weighted by atomic mass is 10.2. The van der Waals surface area contributed by atoms with Gasteiger partial charge in [-0.05, 0) is 36.8 Å². The first-order chi connectivity index (χ1) is 10.2. The van der Waals surface area contributed by atoms with Crippen LogP contribution in [0, 0.1) is 0 Å². The van der Waals surface area contributed by atoms with Crippen LogP contribution >= 0.6 is 11.6 Å². The second kappa shape index (κ2) is 6.19. The van der Waals surface area contributed by atoms with Crippen molar-refractivity contribution in [3.63, 3.8) is 0 Å². The van der Waals surface area contributed by atoms with Gasteiger partial charge in [0.15, 0.2) is 0 Å². The number of anilines is 1. The van der Waals surface area contributed by atoms with Gasteiger partial charge < -0.3 is 9.88 Å². The summed E-state index contributed by atoms with van der Waals surface area (Å²) in [6.45, 7) is 0.938. The third kappa shape index (κ3) is 3.19. The number of nitrogens with one attached hydrogen (secondary N) is 1. The summed E-state index contributed by atoms with van der Waals surface area (Å²) < 4.78 is 2.13. The predicted molar refractivity (Wildman–Crippen MR) is 89.0 cm³/mol. The Kier molecular flexibility index (Phi) is 4.11. The smallest absolute Gasteiger partial charge is 0.109 e. The molecule has 0 aliphatic carbocycles. The van der Waals surface area contributed by atoms with Crippen molar-refractivity contribution in [3.05, 3.63) is 59.4 Å². The van der Waals surface area contributed by atoms with Crippen molar-refractivity contribution in [2.75, 3.05) is 11.9 Å². The molecule has 4 heteroatoms. The second-order valence-corrected chi connectivity index (χ2v) is 5.55. The first-order valence-corrected chi connectivity index (χ1v) is 7.51. The zero-order valence-electron chi connectivity index (χ0n) is 12.0. The molecule has 2 aromatic carbocycles. The molecule has 1 aromatic heterocycles. The normalized spacial score (nSPS) is 11.0. The van der Waals surface area contributed by atoms with Gasteiger partial charge in [-0.15, -0.1) is 0 Å². The summed E-state index contributed by atoms with van der Waals surface area (Å²) in [5, 5.41) is 4.17. The number of fused-ring (bicyclic) bond motifs is 1. The molecule has 1 N–H and O–H groups in total. The van der Waals surface area contributed by atoms with Crippen LogP contribution in [0.15, 0.2) is 48.5 Å². The van der Waals surface area contributed by atoms with E-state index in [1.165, 1.54) is 0 Å². The van der Waals surface area contributed by atoms with Gasteiger partial charge in [-0.3, -0.25) is 0 Å². The molecule has 1 heterocycles. The van der Waals surface area contributed by atoms with Gasteiger partial charge in [0.05, 0.1) is 11.0 Å². The van der Waals surface area contributed by atoms with Crippen LogP contribution in [0.5, 0.6) is 0 Å². The number of benzene rings is 2. The van der Waals surface area contributed by atoms with Gasteiger partial charge >= 0.3 is 0 Å². The van der Waals surface area contributed by atoms with Crippen LogP contribution in [-0.4, -0.2) is 16.1 Å². The fourth-order valence-electron chi connectivity index (χ4n) is 2.47. The summed E-state index contributed by atoms with van der Waals surface area (Å²) in [5.41, 5.74) is 3.26. The number of aromatic nitrogens is 2. The van der Waals surface area contributed by atoms with E-state index in [4.69, 9.17) is 11.6 Å². The lowest BCUT2D eigenvalue weighted by molar-refractivity contribution is 0.753. The van der Waals surface area contributed by atoms with Crippen molar-refractivity contribution in [1.29, 1.82) is 0 Å². The molecule has 0 saturated carbocycles. The summed E-state index contributed by atoms with van der Waals surface area (Å²) in [7, 11) is 2.05. The third-order valence-corrected chi connectivity index (χ3v) is 3.85. The average Bonchev–Trinajstić information content (AvgIpc) is 2.81. The maximum Gasteiger partial charge on any atom is 0.109 e. The fraction of sp³-hybridized carbons (Fsp3) is 0.235. The number of halogens is 1. The number of para-hydroxylation sites is 1. The molecular formula is C17H18ClN3. The van der Waals surface area contributed by atoms with Crippen LogP contribution in [0.4, 0.5) is 5.69 Å². The van der Waals surface area contributed by atoms with Gasteiger partial charge in [-0.25, -0.2) is 4.98 Å². The molecule has 0 bridgehead atoms. The maximum atomic E-state index is 6.04. The Bertz CT molecular complexity index is 734. The van der Waals surface area contributed by atoms with Gasteiger partial charge in [0.25, 0.3) is 0 Å². The summed E-state index contributed by atoms with van der Waals surface area (Å²) in [6.07, 6.45) is 1.99. The first-order valence-electron chi connectivity index (χ1n) is 7.14. The van der Waals surface area contributed by atoms with E-state index in [1.54, 1.807) is 0 Å². The minimum atomic E-state index is 0.753. The molecule has 3 aromatic rings. The molecule has 0 amide bonds. The number of nitrogens with zero attached hydrogens (tertiary/aromatic N) is 2. The molecule has 3 rings (SSSR count). The van der Waals surface area contributed by atoms with Crippen molar-refractivity contribution in [2.24, 2.45) is 7.05 Å². The molecule has 108 valence electrons. The van der Waals surface area contributed by atoms with Crippen LogP contribution in [-0.2, 0) is 13.5 Å². The van der Waals surface area contributed by atoms with E-state index in [0.29, 0.717) is 0 Å². The van der Waals surface area contributed by atoms with Crippen LogP contribution < -0.4 is 5.32 Å². The highest BCUT2D eigenvalue weighted by atomic mass is 35.5. The standard InChI is InChI=1S/C17H18ClN3/c1-21-16-12-13(18)9-10-15(16)20-17(21)8-5-11-19-14-6-3-2-4-7-14/h2-4,6-7,9-10,12,19H,5,8,11H2,1H3. The van der Waals surface area contributed by atoms with Crippen molar-refractivity contribution < 1.29 is 0 Å². The predicted octanol–water partition coefficient (Wildman–Crippen LogP) is 4.27. The highest BCUT2D eigenvalue weighted by Gasteiger charge is 2.07. The first kappa shape index (κ1) is 14.0. The highest BCUT2D eigenvalue weighted by Crippen LogP contribution is 2.20. The van der Waals surface area contributed by atoms with Gasteiger partial charge in [0.2, 0.25) is 0 Å². The minimum Gasteiger partial charge on any atom is -0.385 e. The van der Waals surface area contributed by atoms with Crippen molar-refractivity contribution >= 4 is 28.3 Å². The van der Waals surface area contributed by atoms with Gasteiger partial charge in [0.1, 0.15) is 5.82 Å². The quantitative estimate of drug-likeness (QED) is 0.713. The van der Waals surface area contributed by atoms with Gasteiger partial charge in [0, 0.05) is 30.7 Å². The van der Waals surface area contributed by atoms with E-state index >= 15 is 0 Å². The minimum absolute atomic E-state index is 0.753. The largest absolute Gasteiger partial charge is 0.385 e. The second-order valence-electron chi connectivity index (χ2n) is 5.12. The zero-order chi connectivity index (χ0) is 14.7. The molecule has 0 atom stereocenters. The number of hydrogen-bond donors (Lipinski definition) is 1. The lowest BCUT2D eigenvalue weighted by Gasteiger charge is -2.06. The number of imidazole rings is 1. The molecular weight excluding hydrogens is 282 g/mol. The highest BCUT2D eigenvalue weighted by molar-refractivity contribution is 6.31. The Morgan fingerprint density at radius 2 is 1.95 bits per heavy atom. The topological polar surface area (TPSA) is 29.9 Å². The average molecular weight is 300 g/mol. The van der Waals surface area contributed by atoms with E-state index in [0.717, 1.165) is 47.0 Å². The summed E-state index contributed by atoms with van der Waals surface area (Å²) >= 11 is 6.04. The molecule has 21 heavy (non-hydrogen) atoms. The zero-order valence-corrected chi connectivity index (χ0v) is 12.8. The molecule has 0 aliphatic rings. The monoisotopic (exact) mass is 299 g/mol. The molecule has 0 unspecified atom stereocenters. The van der Waals surface area contributed by atoms with E-state index < -0.39 is 0 Å². The lowest BCUT2D eigenvalue weighted by Crippen LogP contribution is -2.05. The molecule has 3 nitrogen and oxygen atoms in total. The Labute approximate surface area is 129 Å². The van der Waals surface area contributed by atoms with Gasteiger partial charge in [-0.1, -0.05) is 29.8 Å². The molecule has 0 aliphatic heterocycles. The van der Waals surface area contributed by atoms with E-state index in [2.05, 4.69) is 27.0 Å². The van der Waals surface area contributed by atoms with Crippen LogP contribution in [0.3, 0.4) is 0 Å². The number of hydrogen-bond acceptors (Lipinski definition) is 2. The van der Waals surface area contributed by atoms with Crippen LogP contribution in [0.25, 0.3) is 11.0 Å². The molecule has 0 spiro atoms. The fourth-order valence-corrected chi connectivity index (χ4v) is 2.64. The number of rotatable bonds is 5. The maximum absolute atomic E-state index is 6.04. The summed E-state index contributed by atoms with van der Waals surface area (Å²) in [4.78, 5) is 4.67. The molecule has 0 radical (unpaired) electrons. The van der Waals surface area contributed by atoms with Gasteiger partial charge in [-0.2, -0.15) is 0 Å². The van der Waals surface area contributed by atoms with Crippen LogP contribution in [0.1, 0.15) is 12.2 Å². The molecule has 0 saturated heterocycles. The van der Waals surface area contributed by atoms with Crippen molar-refractivity contribution in [1.82, 2.24) is 9.55 Å². The Morgan fingerprint density at radius 1 is 1.14 bits per heavy atom. The van der Waals surface area contributed by atoms with E-state index in [1.807, 2.05) is 43.4 Å². The summed E-state index contributed by atoms with van der Waals surface area (Å²) in [6, 6.07) is 16.1. The van der Waals surface area contributed by atoms with Crippen LogP contribution in [0.2, 0.25) is 5.02 Å². The SMILES string of the molecule is Cn1c(CCCNc2ccccc2)nc2ccc(Cl)cc21. The van der Waals surface area contributed by atoms with Crippen molar-refractivity contribution in [3.8, 4) is 0 Å². The summed E-state index contributed by atoms with van der Waals surface area (Å²) in [5.74, 6) is 1.10. The van der Waals surface area contributed by atoms with E-state index in [-0.39, 0.29) is 0 Å². The molecule has 0 fully saturated rings. The van der Waals surface area contributed by atoms with E-state index in [9.17, 15) is 0 Å². The third-order valence-electron chi connectivity index (χ3n) is 3.62.